The number of aliphatic hydroxyl groups is 3. The summed E-state index contributed by atoms with van der Waals surface area (Å²) >= 11 is 0. The first-order valence-electron chi connectivity index (χ1n) is 6.65. The molecule has 0 saturated heterocycles. The van der Waals surface area contributed by atoms with Gasteiger partial charge in [0.15, 0.2) is 6.10 Å². The van der Waals surface area contributed by atoms with Crippen molar-refractivity contribution < 1.29 is 43.9 Å². The Labute approximate surface area is 139 Å². The minimum Gasteiger partial charge on any atom is -0.458 e. The van der Waals surface area contributed by atoms with Crippen molar-refractivity contribution in [1.82, 2.24) is 0 Å². The van der Waals surface area contributed by atoms with Crippen molar-refractivity contribution in [3.05, 3.63) is 38.0 Å². The topological polar surface area (TPSA) is 140 Å². The highest BCUT2D eigenvalue weighted by Crippen LogP contribution is 1.98. The summed E-state index contributed by atoms with van der Waals surface area (Å²) in [6, 6.07) is 0. The highest BCUT2D eigenvalue weighted by molar-refractivity contribution is 5.82. The van der Waals surface area contributed by atoms with Crippen molar-refractivity contribution in [3.63, 3.8) is 0 Å². The molecule has 136 valence electrons. The molecule has 0 fully saturated rings. The number of esters is 3. The molecule has 0 rings (SSSR count). The third kappa shape index (κ3) is 14.4. The maximum absolute atomic E-state index is 11.0. The zero-order chi connectivity index (χ0) is 19.0. The van der Waals surface area contributed by atoms with Crippen molar-refractivity contribution in [3.8, 4) is 0 Å². The lowest BCUT2D eigenvalue weighted by molar-refractivity contribution is -0.160. The molecule has 0 saturated carbocycles. The van der Waals surface area contributed by atoms with Crippen LogP contribution in [-0.4, -0.2) is 71.9 Å². The van der Waals surface area contributed by atoms with Crippen LogP contribution in [0.15, 0.2) is 38.0 Å². The smallest absolute Gasteiger partial charge is 0.330 e. The van der Waals surface area contributed by atoms with E-state index in [1.165, 1.54) is 0 Å². The molecule has 0 aliphatic carbocycles. The fraction of sp³-hybridized carbons (Fsp3) is 0.400. The number of rotatable bonds is 10. The van der Waals surface area contributed by atoms with E-state index in [4.69, 9.17) is 20.1 Å². The van der Waals surface area contributed by atoms with Gasteiger partial charge in [-0.3, -0.25) is 0 Å². The maximum Gasteiger partial charge on any atom is 0.330 e. The second-order valence-electron chi connectivity index (χ2n) is 3.95. The Kier molecular flexibility index (Phi) is 15.3. The highest BCUT2D eigenvalue weighted by Gasteiger charge is 2.16. The molecule has 0 amide bonds. The van der Waals surface area contributed by atoms with Crippen LogP contribution in [0.4, 0.5) is 0 Å². The van der Waals surface area contributed by atoms with Crippen molar-refractivity contribution in [2.24, 2.45) is 0 Å². The maximum atomic E-state index is 11.0. The molecule has 0 aliphatic heterocycles. The summed E-state index contributed by atoms with van der Waals surface area (Å²) in [5, 5.41) is 24.0. The summed E-state index contributed by atoms with van der Waals surface area (Å²) in [6.45, 7) is 8.39. The van der Waals surface area contributed by atoms with E-state index in [2.05, 4.69) is 29.2 Å². The predicted molar refractivity (Wildman–Crippen MR) is 82.6 cm³/mol. The molecule has 0 bridgehead atoms. The van der Waals surface area contributed by atoms with Crippen LogP contribution >= 0.6 is 0 Å². The number of hydrogen-bond acceptors (Lipinski definition) is 9. The quantitative estimate of drug-likeness (QED) is 0.255. The van der Waals surface area contributed by atoms with E-state index in [0.717, 1.165) is 18.2 Å². The Morgan fingerprint density at radius 2 is 1.21 bits per heavy atom. The van der Waals surface area contributed by atoms with Gasteiger partial charge in [-0.2, -0.15) is 0 Å². The summed E-state index contributed by atoms with van der Waals surface area (Å²) < 4.78 is 14.2. The van der Waals surface area contributed by atoms with E-state index in [1.807, 2.05) is 0 Å². The van der Waals surface area contributed by atoms with Gasteiger partial charge in [-0.1, -0.05) is 19.7 Å². The van der Waals surface area contributed by atoms with Crippen molar-refractivity contribution in [2.45, 2.75) is 12.2 Å². The van der Waals surface area contributed by atoms with Gasteiger partial charge < -0.3 is 29.5 Å². The average molecular weight is 346 g/mol. The van der Waals surface area contributed by atoms with Crippen LogP contribution in [0, 0.1) is 0 Å². The molecule has 0 atom stereocenters. The summed E-state index contributed by atoms with van der Waals surface area (Å²) in [4.78, 5) is 32.7. The van der Waals surface area contributed by atoms with E-state index in [0.29, 0.717) is 0 Å². The van der Waals surface area contributed by atoms with E-state index in [1.54, 1.807) is 0 Å². The Bertz CT molecular complexity index is 403. The molecular formula is C15H22O9. The predicted octanol–water partition coefficient (Wildman–Crippen LogP) is -1.13. The molecule has 24 heavy (non-hydrogen) atoms. The average Bonchev–Trinajstić information content (AvgIpc) is 2.62. The van der Waals surface area contributed by atoms with Crippen LogP contribution in [0.5, 0.6) is 0 Å². The lowest BCUT2D eigenvalue weighted by Crippen LogP contribution is -2.29. The first-order chi connectivity index (χ1) is 11.3. The summed E-state index contributed by atoms with van der Waals surface area (Å²) in [7, 11) is 0. The van der Waals surface area contributed by atoms with Crippen LogP contribution in [0.25, 0.3) is 0 Å². The molecular weight excluding hydrogens is 324 g/mol. The van der Waals surface area contributed by atoms with Gasteiger partial charge in [-0.05, 0) is 0 Å². The molecule has 9 heteroatoms. The Morgan fingerprint density at radius 1 is 0.833 bits per heavy atom. The van der Waals surface area contributed by atoms with E-state index in [-0.39, 0.29) is 26.4 Å². The number of aliphatic hydroxyl groups excluding tert-OH is 3. The fourth-order valence-electron chi connectivity index (χ4n) is 0.854. The van der Waals surface area contributed by atoms with Crippen molar-refractivity contribution in [2.75, 3.05) is 26.4 Å². The number of carbonyl (C=O) groups is 3. The lowest BCUT2D eigenvalue weighted by Gasteiger charge is -2.16. The zero-order valence-corrected chi connectivity index (χ0v) is 13.1. The monoisotopic (exact) mass is 346 g/mol. The molecule has 0 unspecified atom stereocenters. The van der Waals surface area contributed by atoms with Gasteiger partial charge in [0.05, 0.1) is 13.2 Å². The van der Waals surface area contributed by atoms with Gasteiger partial charge in [0.2, 0.25) is 0 Å². The SMILES string of the molecule is C=CC(=O)OCC(COC(=O)C=C)OC(=O)C=C.OCC(O)CO. The summed E-state index contributed by atoms with van der Waals surface area (Å²) in [6.07, 6.45) is 0.996. The van der Waals surface area contributed by atoms with Gasteiger partial charge in [0.25, 0.3) is 0 Å². The van der Waals surface area contributed by atoms with E-state index >= 15 is 0 Å². The van der Waals surface area contributed by atoms with Crippen LogP contribution in [0.3, 0.4) is 0 Å². The number of ether oxygens (including phenoxy) is 3. The first kappa shape index (κ1) is 23.8. The molecule has 0 aromatic rings. The molecule has 9 nitrogen and oxygen atoms in total. The van der Waals surface area contributed by atoms with E-state index < -0.39 is 30.1 Å². The summed E-state index contributed by atoms with van der Waals surface area (Å²) in [5.74, 6) is -2.07. The van der Waals surface area contributed by atoms with Crippen LogP contribution < -0.4 is 0 Å². The number of carbonyl (C=O) groups excluding carboxylic acids is 3. The zero-order valence-electron chi connectivity index (χ0n) is 13.1. The van der Waals surface area contributed by atoms with Crippen LogP contribution in [0.1, 0.15) is 0 Å². The molecule has 0 aromatic heterocycles. The van der Waals surface area contributed by atoms with Gasteiger partial charge in [-0.25, -0.2) is 14.4 Å². The Balaban J connectivity index is 0. The van der Waals surface area contributed by atoms with Gasteiger partial charge in [-0.15, -0.1) is 0 Å². The molecule has 0 aromatic carbocycles. The van der Waals surface area contributed by atoms with Crippen LogP contribution in [-0.2, 0) is 28.6 Å². The third-order valence-corrected chi connectivity index (χ3v) is 2.03. The van der Waals surface area contributed by atoms with Crippen molar-refractivity contribution in [1.29, 1.82) is 0 Å². The normalized spacial score (nSPS) is 9.38. The van der Waals surface area contributed by atoms with Gasteiger partial charge in [0, 0.05) is 18.2 Å². The third-order valence-electron chi connectivity index (χ3n) is 2.03. The van der Waals surface area contributed by atoms with Gasteiger partial charge >= 0.3 is 17.9 Å². The number of hydrogen-bond donors (Lipinski definition) is 3. The van der Waals surface area contributed by atoms with E-state index in [9.17, 15) is 14.4 Å². The summed E-state index contributed by atoms with van der Waals surface area (Å²) in [5.41, 5.74) is 0. The minimum absolute atomic E-state index is 0.255. The Morgan fingerprint density at radius 3 is 1.46 bits per heavy atom. The standard InChI is InChI=1S/C12H14O6.C3H8O3/c1-4-10(13)16-7-9(18-12(15)6-3)8-17-11(14)5-2;4-1-3(6)2-5/h4-6,9H,1-3,7-8H2;3-6H,1-2H2. The van der Waals surface area contributed by atoms with Crippen molar-refractivity contribution >= 4 is 17.9 Å². The molecule has 0 spiro atoms. The fourth-order valence-corrected chi connectivity index (χ4v) is 0.854. The molecule has 0 radical (unpaired) electrons. The second kappa shape index (κ2) is 15.4. The largest absolute Gasteiger partial charge is 0.458 e. The molecule has 0 heterocycles. The minimum atomic E-state index is -0.954. The molecule has 3 N–H and O–H groups in total. The first-order valence-corrected chi connectivity index (χ1v) is 6.65. The molecule has 0 aliphatic rings. The van der Waals surface area contributed by atoms with Gasteiger partial charge in [0.1, 0.15) is 19.3 Å². The Hall–Kier alpha value is -2.49. The van der Waals surface area contributed by atoms with Crippen LogP contribution in [0.2, 0.25) is 0 Å². The highest BCUT2D eigenvalue weighted by atomic mass is 16.6. The second-order valence-corrected chi connectivity index (χ2v) is 3.95. The lowest BCUT2D eigenvalue weighted by atomic mass is 10.4.